The Bertz CT molecular complexity index is 1120. The number of carbonyl (C=O) groups is 2. The molecule has 1 amide bonds. The highest BCUT2D eigenvalue weighted by atomic mass is 19.4. The summed E-state index contributed by atoms with van der Waals surface area (Å²) in [7, 11) is 0. The van der Waals surface area contributed by atoms with E-state index in [-0.39, 0.29) is 18.1 Å². The summed E-state index contributed by atoms with van der Waals surface area (Å²) in [5.74, 6) is -2.92. The lowest BCUT2D eigenvalue weighted by Crippen LogP contribution is -2.65. The number of alkyl halides is 3. The highest BCUT2D eigenvalue weighted by Crippen LogP contribution is 2.44. The fraction of sp³-hybridized carbons (Fsp3) is 0.259. The molecule has 0 radical (unpaired) electrons. The molecule has 9 heteroatoms. The molecule has 0 bridgehead atoms. The molecule has 1 atom stereocenters. The minimum absolute atomic E-state index is 0.0850. The summed E-state index contributed by atoms with van der Waals surface area (Å²) in [6, 6.07) is 27.2. The summed E-state index contributed by atoms with van der Waals surface area (Å²) >= 11 is 0. The zero-order valence-corrected chi connectivity index (χ0v) is 19.5. The third-order valence-electron chi connectivity index (χ3n) is 5.79. The number of aliphatic carboxylic acids is 1. The van der Waals surface area contributed by atoms with Crippen molar-refractivity contribution in [2.24, 2.45) is 0 Å². The second-order valence-electron chi connectivity index (χ2n) is 8.38. The lowest BCUT2D eigenvalue weighted by molar-refractivity contribution is -0.418. The predicted molar refractivity (Wildman–Crippen MR) is 126 cm³/mol. The Morgan fingerprint density at radius 2 is 1.42 bits per heavy atom. The van der Waals surface area contributed by atoms with E-state index >= 15 is 0 Å². The van der Waals surface area contributed by atoms with Crippen LogP contribution in [0.5, 0.6) is 0 Å². The van der Waals surface area contributed by atoms with Crippen LogP contribution in [0, 0.1) is 0 Å². The Labute approximate surface area is 206 Å². The van der Waals surface area contributed by atoms with E-state index < -0.39 is 12.1 Å². The molecule has 0 unspecified atom stereocenters. The molecular formula is C27H27F3N2O4. The van der Waals surface area contributed by atoms with Crippen LogP contribution in [0.2, 0.25) is 0 Å². The number of carbonyl (C=O) groups excluding carboxylic acids is 2. The monoisotopic (exact) mass is 500 g/mol. The molecule has 36 heavy (non-hydrogen) atoms. The fourth-order valence-corrected chi connectivity index (χ4v) is 3.99. The van der Waals surface area contributed by atoms with Crippen molar-refractivity contribution in [1.29, 1.82) is 0 Å². The molecule has 1 aliphatic rings. The molecule has 4 N–H and O–H groups in total. The number of carboxylic acids is 1. The third kappa shape index (κ3) is 7.32. The average Bonchev–Trinajstić information content (AvgIpc) is 3.19. The third-order valence-corrected chi connectivity index (χ3v) is 5.79. The van der Waals surface area contributed by atoms with Gasteiger partial charge in [-0.25, -0.2) is 4.79 Å². The van der Waals surface area contributed by atoms with Crippen LogP contribution in [0.1, 0.15) is 29.0 Å². The Balaban J connectivity index is 0.000000454. The Morgan fingerprint density at radius 1 is 0.917 bits per heavy atom. The molecule has 190 valence electrons. The predicted octanol–water partition coefficient (Wildman–Crippen LogP) is 3.07. The summed E-state index contributed by atoms with van der Waals surface area (Å²) in [6.07, 6.45) is -3.69. The number of quaternary nitrogens is 1. The second-order valence-corrected chi connectivity index (χ2v) is 8.38. The van der Waals surface area contributed by atoms with Gasteiger partial charge in [-0.1, -0.05) is 78.9 Å². The van der Waals surface area contributed by atoms with Gasteiger partial charge in [-0.15, -0.1) is 0 Å². The number of fused-ring (bicyclic) bond motifs is 3. The molecule has 0 aliphatic heterocycles. The Morgan fingerprint density at radius 3 is 1.94 bits per heavy atom. The van der Waals surface area contributed by atoms with Gasteiger partial charge < -0.3 is 25.7 Å². The van der Waals surface area contributed by atoms with Crippen LogP contribution >= 0.6 is 0 Å². The van der Waals surface area contributed by atoms with Crippen LogP contribution in [-0.2, 0) is 16.0 Å². The number of alkyl carbamates (subject to hydrolysis) is 1. The number of amides is 1. The van der Waals surface area contributed by atoms with Gasteiger partial charge in [0.15, 0.2) is 0 Å². The van der Waals surface area contributed by atoms with E-state index in [2.05, 4.69) is 59.6 Å². The minimum atomic E-state index is -5.19. The molecule has 0 saturated carbocycles. The molecule has 4 rings (SSSR count). The van der Waals surface area contributed by atoms with E-state index in [1.54, 1.807) is 0 Å². The lowest BCUT2D eigenvalue weighted by Gasteiger charge is -2.15. The van der Waals surface area contributed by atoms with Gasteiger partial charge in [0.1, 0.15) is 18.6 Å². The van der Waals surface area contributed by atoms with E-state index in [9.17, 15) is 18.0 Å². The lowest BCUT2D eigenvalue weighted by atomic mass is 9.98. The smallest absolute Gasteiger partial charge is 0.430 e. The van der Waals surface area contributed by atoms with Gasteiger partial charge in [0.2, 0.25) is 0 Å². The molecular weight excluding hydrogens is 473 g/mol. The first kappa shape index (κ1) is 26.7. The van der Waals surface area contributed by atoms with E-state index in [1.165, 1.54) is 27.8 Å². The van der Waals surface area contributed by atoms with Crippen molar-refractivity contribution >= 4 is 12.1 Å². The number of aryl methyl sites for hydroxylation is 1. The largest absolute Gasteiger partial charge is 0.542 e. The summed E-state index contributed by atoms with van der Waals surface area (Å²) < 4.78 is 37.1. The van der Waals surface area contributed by atoms with Gasteiger partial charge in [0.05, 0.1) is 6.54 Å². The first-order valence-corrected chi connectivity index (χ1v) is 11.4. The zero-order chi connectivity index (χ0) is 26.1. The highest BCUT2D eigenvalue weighted by molar-refractivity contribution is 5.79. The van der Waals surface area contributed by atoms with E-state index in [4.69, 9.17) is 14.6 Å². The maximum atomic E-state index is 12.2. The number of benzene rings is 3. The topological polar surface area (TPSA) is 106 Å². The summed E-state index contributed by atoms with van der Waals surface area (Å²) in [5.41, 5.74) is 10.4. The van der Waals surface area contributed by atoms with Crippen LogP contribution < -0.4 is 16.2 Å². The molecule has 0 aromatic heterocycles. The van der Waals surface area contributed by atoms with Gasteiger partial charge >= 0.3 is 12.3 Å². The van der Waals surface area contributed by atoms with Crippen LogP contribution in [0.3, 0.4) is 0 Å². The van der Waals surface area contributed by atoms with Crippen molar-refractivity contribution in [3.8, 4) is 11.1 Å². The van der Waals surface area contributed by atoms with E-state index in [1.807, 2.05) is 30.3 Å². The minimum Gasteiger partial charge on any atom is -0.542 e. The summed E-state index contributed by atoms with van der Waals surface area (Å²) in [4.78, 5) is 21.0. The maximum absolute atomic E-state index is 12.2. The molecule has 3 aromatic rings. The van der Waals surface area contributed by atoms with Crippen LogP contribution in [-0.4, -0.2) is 37.4 Å². The standard InChI is InChI=1S/C25H26N2O2.C2HF3O2/c26-19(15-14-18-8-2-1-3-9-18)16-27-25(28)29-17-24-22-12-6-4-10-20(22)21-11-5-7-13-23(21)24;3-2(4,5)1(6)7/h1-13,19,24H,14-17,26H2,(H,27,28);(H,6,7)/t19-;/m1./s1. The van der Waals surface area contributed by atoms with Crippen LogP contribution in [0.25, 0.3) is 11.1 Å². The van der Waals surface area contributed by atoms with Crippen LogP contribution in [0.15, 0.2) is 78.9 Å². The first-order valence-electron chi connectivity index (χ1n) is 11.4. The Kier molecular flexibility index (Phi) is 9.08. The number of carboxylic acid groups (broad SMARTS) is 1. The maximum Gasteiger partial charge on any atom is 0.430 e. The number of ether oxygens (including phenoxy) is 1. The number of nitrogens with one attached hydrogen (secondary N) is 1. The molecule has 6 nitrogen and oxygen atoms in total. The van der Waals surface area contributed by atoms with Crippen molar-refractivity contribution in [2.45, 2.75) is 31.0 Å². The van der Waals surface area contributed by atoms with Crippen molar-refractivity contribution in [2.75, 3.05) is 13.2 Å². The normalized spacial score (nSPS) is 13.0. The van der Waals surface area contributed by atoms with E-state index in [0.29, 0.717) is 13.2 Å². The first-order chi connectivity index (χ1) is 17.2. The van der Waals surface area contributed by atoms with Crippen molar-refractivity contribution in [3.63, 3.8) is 0 Å². The molecule has 0 spiro atoms. The van der Waals surface area contributed by atoms with Crippen molar-refractivity contribution in [3.05, 3.63) is 95.6 Å². The highest BCUT2D eigenvalue weighted by Gasteiger charge is 2.29. The number of halogens is 3. The van der Waals surface area contributed by atoms with Crippen molar-refractivity contribution in [1.82, 2.24) is 5.32 Å². The molecule has 1 aliphatic carbocycles. The molecule has 0 heterocycles. The van der Waals surface area contributed by atoms with Crippen molar-refractivity contribution < 1.29 is 38.3 Å². The number of hydrogen-bond donors (Lipinski definition) is 2. The van der Waals surface area contributed by atoms with Gasteiger partial charge in [-0.3, -0.25) is 0 Å². The second kappa shape index (κ2) is 12.2. The number of rotatable bonds is 7. The van der Waals surface area contributed by atoms with Gasteiger partial charge in [-0.05, 0) is 34.2 Å². The summed E-state index contributed by atoms with van der Waals surface area (Å²) in [5, 5.41) is 11.7. The average molecular weight is 501 g/mol. The molecule has 0 fully saturated rings. The molecule has 3 aromatic carbocycles. The van der Waals surface area contributed by atoms with E-state index in [0.717, 1.165) is 12.8 Å². The quantitative estimate of drug-likeness (QED) is 0.520. The van der Waals surface area contributed by atoms with Gasteiger partial charge in [0.25, 0.3) is 0 Å². The van der Waals surface area contributed by atoms with Gasteiger partial charge in [0, 0.05) is 12.3 Å². The van der Waals surface area contributed by atoms with Gasteiger partial charge in [-0.2, -0.15) is 13.2 Å². The summed E-state index contributed by atoms with van der Waals surface area (Å²) in [6.45, 7) is 0.856. The SMILES string of the molecule is O=C([O-])C(F)(F)F.[NH3+][C@H](CCc1ccccc1)CNC(=O)OCC1c2ccccc2-c2ccccc21. The fourth-order valence-electron chi connectivity index (χ4n) is 3.99. The zero-order valence-electron chi connectivity index (χ0n) is 19.5. The number of hydrogen-bond acceptors (Lipinski definition) is 4. The van der Waals surface area contributed by atoms with Crippen LogP contribution in [0.4, 0.5) is 18.0 Å². The molecule has 0 saturated heterocycles. The Hall–Kier alpha value is -3.85.